The number of nitrogens with zero attached hydrogens (tertiary/aromatic N) is 3. The van der Waals surface area contributed by atoms with Gasteiger partial charge in [-0.1, -0.05) is 12.1 Å². The summed E-state index contributed by atoms with van der Waals surface area (Å²) in [7, 11) is 0. The Morgan fingerprint density at radius 1 is 1.18 bits per heavy atom. The SMILES string of the molecule is CSc1ccc(CNc2cc(N3CCOCC3)ncn2)cc1. The fraction of sp³-hybridized carbons (Fsp3) is 0.375. The van der Waals surface area contributed by atoms with Crippen molar-refractivity contribution in [2.75, 3.05) is 42.8 Å². The van der Waals surface area contributed by atoms with E-state index in [1.54, 1.807) is 18.1 Å². The molecular formula is C16H20N4OS. The zero-order valence-corrected chi connectivity index (χ0v) is 13.5. The van der Waals surface area contributed by atoms with Crippen LogP contribution >= 0.6 is 11.8 Å². The summed E-state index contributed by atoms with van der Waals surface area (Å²) in [6.45, 7) is 4.04. The maximum absolute atomic E-state index is 5.37. The minimum absolute atomic E-state index is 0.758. The standard InChI is InChI=1S/C16H20N4OS/c1-22-14-4-2-13(3-5-14)11-17-15-10-16(19-12-18-15)20-6-8-21-9-7-20/h2-5,10,12H,6-9,11H2,1H3,(H,17,18,19). The highest BCUT2D eigenvalue weighted by Crippen LogP contribution is 2.17. The lowest BCUT2D eigenvalue weighted by Crippen LogP contribution is -2.36. The molecule has 1 aromatic carbocycles. The van der Waals surface area contributed by atoms with E-state index in [1.807, 2.05) is 6.07 Å². The normalized spacial score (nSPS) is 14.9. The number of anilines is 2. The second-order valence-corrected chi connectivity index (χ2v) is 5.94. The summed E-state index contributed by atoms with van der Waals surface area (Å²) in [6, 6.07) is 10.6. The number of nitrogens with one attached hydrogen (secondary N) is 1. The summed E-state index contributed by atoms with van der Waals surface area (Å²) >= 11 is 1.75. The number of hydrogen-bond donors (Lipinski definition) is 1. The van der Waals surface area contributed by atoms with Gasteiger partial charge >= 0.3 is 0 Å². The Morgan fingerprint density at radius 2 is 1.95 bits per heavy atom. The van der Waals surface area contributed by atoms with Crippen molar-refractivity contribution in [2.45, 2.75) is 11.4 Å². The van der Waals surface area contributed by atoms with Crippen LogP contribution in [0.4, 0.5) is 11.6 Å². The summed E-state index contributed by atoms with van der Waals surface area (Å²) in [5.74, 6) is 1.81. The molecule has 0 spiro atoms. The van der Waals surface area contributed by atoms with E-state index in [0.717, 1.165) is 44.5 Å². The smallest absolute Gasteiger partial charge is 0.134 e. The van der Waals surface area contributed by atoms with Gasteiger partial charge in [0.05, 0.1) is 13.2 Å². The first-order chi connectivity index (χ1) is 10.8. The molecule has 0 saturated carbocycles. The van der Waals surface area contributed by atoms with Gasteiger partial charge in [-0.05, 0) is 24.0 Å². The lowest BCUT2D eigenvalue weighted by Gasteiger charge is -2.27. The second kappa shape index (κ2) is 7.47. The molecule has 22 heavy (non-hydrogen) atoms. The molecule has 1 fully saturated rings. The average Bonchev–Trinajstić information content (AvgIpc) is 2.61. The van der Waals surface area contributed by atoms with Crippen LogP contribution in [0.25, 0.3) is 0 Å². The lowest BCUT2D eigenvalue weighted by atomic mass is 10.2. The van der Waals surface area contributed by atoms with Crippen LogP contribution in [0.15, 0.2) is 41.6 Å². The maximum atomic E-state index is 5.37. The van der Waals surface area contributed by atoms with Gasteiger partial charge in [0.15, 0.2) is 0 Å². The van der Waals surface area contributed by atoms with Gasteiger partial charge in [-0.25, -0.2) is 9.97 Å². The van der Waals surface area contributed by atoms with Crippen molar-refractivity contribution < 1.29 is 4.74 Å². The first kappa shape index (κ1) is 15.1. The topological polar surface area (TPSA) is 50.3 Å². The van der Waals surface area contributed by atoms with Crippen molar-refractivity contribution in [3.63, 3.8) is 0 Å². The van der Waals surface area contributed by atoms with E-state index in [0.29, 0.717) is 0 Å². The van der Waals surface area contributed by atoms with Gasteiger partial charge in [0.2, 0.25) is 0 Å². The Morgan fingerprint density at radius 3 is 2.68 bits per heavy atom. The molecule has 2 heterocycles. The molecular weight excluding hydrogens is 296 g/mol. The first-order valence-corrected chi connectivity index (χ1v) is 8.59. The molecule has 1 N–H and O–H groups in total. The Hall–Kier alpha value is -1.79. The average molecular weight is 316 g/mol. The number of thioether (sulfide) groups is 1. The maximum Gasteiger partial charge on any atom is 0.134 e. The minimum Gasteiger partial charge on any atom is -0.378 e. The van der Waals surface area contributed by atoms with Crippen molar-refractivity contribution in [1.82, 2.24) is 9.97 Å². The van der Waals surface area contributed by atoms with Gasteiger partial charge in [0, 0.05) is 30.6 Å². The molecule has 0 radical (unpaired) electrons. The summed E-state index contributed by atoms with van der Waals surface area (Å²) in [4.78, 5) is 12.2. The number of ether oxygens (including phenoxy) is 1. The van der Waals surface area contributed by atoms with Crippen LogP contribution in [-0.2, 0) is 11.3 Å². The number of benzene rings is 1. The van der Waals surface area contributed by atoms with Gasteiger partial charge in [-0.2, -0.15) is 0 Å². The van der Waals surface area contributed by atoms with E-state index in [2.05, 4.69) is 50.7 Å². The third kappa shape index (κ3) is 3.90. The molecule has 2 aromatic rings. The molecule has 0 atom stereocenters. The van der Waals surface area contributed by atoms with Crippen LogP contribution in [0.2, 0.25) is 0 Å². The second-order valence-electron chi connectivity index (χ2n) is 5.06. The Bertz CT molecular complexity index is 599. The molecule has 0 bridgehead atoms. The van der Waals surface area contributed by atoms with Gasteiger partial charge in [0.1, 0.15) is 18.0 Å². The highest BCUT2D eigenvalue weighted by atomic mass is 32.2. The third-order valence-corrected chi connectivity index (χ3v) is 4.36. The third-order valence-electron chi connectivity index (χ3n) is 3.62. The number of rotatable bonds is 5. The van der Waals surface area contributed by atoms with Crippen LogP contribution in [0.3, 0.4) is 0 Å². The predicted octanol–water partition coefficient (Wildman–Crippen LogP) is 2.65. The van der Waals surface area contributed by atoms with E-state index in [-0.39, 0.29) is 0 Å². The minimum atomic E-state index is 0.758. The van der Waals surface area contributed by atoms with E-state index in [1.165, 1.54) is 10.5 Å². The van der Waals surface area contributed by atoms with Crippen LogP contribution in [-0.4, -0.2) is 42.5 Å². The molecule has 5 nitrogen and oxygen atoms in total. The van der Waals surface area contributed by atoms with Gasteiger partial charge < -0.3 is 15.0 Å². The largest absolute Gasteiger partial charge is 0.378 e. The highest BCUT2D eigenvalue weighted by Gasteiger charge is 2.12. The van der Waals surface area contributed by atoms with Crippen LogP contribution < -0.4 is 10.2 Å². The summed E-state index contributed by atoms with van der Waals surface area (Å²) in [6.07, 6.45) is 3.70. The van der Waals surface area contributed by atoms with Crippen LogP contribution in [0, 0.1) is 0 Å². The quantitative estimate of drug-likeness (QED) is 0.856. The van der Waals surface area contributed by atoms with Crippen LogP contribution in [0.5, 0.6) is 0 Å². The summed E-state index contributed by atoms with van der Waals surface area (Å²) in [5, 5.41) is 3.36. The Balaban J connectivity index is 1.62. The van der Waals surface area contributed by atoms with Gasteiger partial charge in [-0.15, -0.1) is 11.8 Å². The van der Waals surface area contributed by atoms with Crippen molar-refractivity contribution in [2.24, 2.45) is 0 Å². The Kier molecular flexibility index (Phi) is 5.13. The highest BCUT2D eigenvalue weighted by molar-refractivity contribution is 7.98. The van der Waals surface area contributed by atoms with E-state index in [4.69, 9.17) is 4.74 Å². The lowest BCUT2D eigenvalue weighted by molar-refractivity contribution is 0.122. The van der Waals surface area contributed by atoms with Crippen molar-refractivity contribution in [3.05, 3.63) is 42.2 Å². The Labute approximate surface area is 135 Å². The zero-order valence-electron chi connectivity index (χ0n) is 12.7. The zero-order chi connectivity index (χ0) is 15.2. The van der Waals surface area contributed by atoms with Crippen molar-refractivity contribution in [3.8, 4) is 0 Å². The number of morpholine rings is 1. The molecule has 0 amide bonds. The summed E-state index contributed by atoms with van der Waals surface area (Å²) in [5.41, 5.74) is 1.24. The molecule has 0 unspecified atom stereocenters. The van der Waals surface area contributed by atoms with E-state index < -0.39 is 0 Å². The van der Waals surface area contributed by atoms with E-state index >= 15 is 0 Å². The number of hydrogen-bond acceptors (Lipinski definition) is 6. The molecule has 3 rings (SSSR count). The molecule has 1 aliphatic rings. The molecule has 6 heteroatoms. The summed E-state index contributed by atoms with van der Waals surface area (Å²) < 4.78 is 5.37. The van der Waals surface area contributed by atoms with E-state index in [9.17, 15) is 0 Å². The van der Waals surface area contributed by atoms with Crippen LogP contribution in [0.1, 0.15) is 5.56 Å². The fourth-order valence-electron chi connectivity index (χ4n) is 2.35. The molecule has 1 aromatic heterocycles. The predicted molar refractivity (Wildman–Crippen MR) is 90.6 cm³/mol. The molecule has 116 valence electrons. The molecule has 1 aliphatic heterocycles. The van der Waals surface area contributed by atoms with Gasteiger partial charge in [0.25, 0.3) is 0 Å². The molecule has 0 aliphatic carbocycles. The first-order valence-electron chi connectivity index (χ1n) is 7.37. The number of aromatic nitrogens is 2. The fourth-order valence-corrected chi connectivity index (χ4v) is 2.75. The molecule has 1 saturated heterocycles. The van der Waals surface area contributed by atoms with Gasteiger partial charge in [-0.3, -0.25) is 0 Å². The van der Waals surface area contributed by atoms with Crippen molar-refractivity contribution in [1.29, 1.82) is 0 Å². The van der Waals surface area contributed by atoms with Crippen molar-refractivity contribution >= 4 is 23.4 Å². The monoisotopic (exact) mass is 316 g/mol.